The van der Waals surface area contributed by atoms with Crippen LogP contribution in [0, 0.1) is 0 Å². The van der Waals surface area contributed by atoms with Crippen molar-refractivity contribution in [1.82, 2.24) is 5.32 Å². The molecule has 2 aromatic rings. The number of imide groups is 1. The van der Waals surface area contributed by atoms with Gasteiger partial charge in [0.05, 0.1) is 0 Å². The van der Waals surface area contributed by atoms with Gasteiger partial charge in [0.15, 0.2) is 0 Å². The van der Waals surface area contributed by atoms with E-state index in [0.717, 1.165) is 5.56 Å². The van der Waals surface area contributed by atoms with Crippen LogP contribution in [0.25, 0.3) is 0 Å². The molecule has 1 fully saturated rings. The minimum absolute atomic E-state index is 0.292. The summed E-state index contributed by atoms with van der Waals surface area (Å²) >= 11 is 0. The van der Waals surface area contributed by atoms with Crippen LogP contribution in [0.15, 0.2) is 60.7 Å². The zero-order valence-corrected chi connectivity index (χ0v) is 10.1. The number of nitrogens with one attached hydrogen (secondary N) is 1. The maximum absolute atomic E-state index is 12.0. The third kappa shape index (κ3) is 1.97. The summed E-state index contributed by atoms with van der Waals surface area (Å²) in [5.41, 5.74) is 1.51. The summed E-state index contributed by atoms with van der Waals surface area (Å²) in [5.74, 6) is -0.292. The Hall–Kier alpha value is -2.62. The van der Waals surface area contributed by atoms with Crippen molar-refractivity contribution in [2.45, 2.75) is 6.04 Å². The molecule has 94 valence electrons. The quantitative estimate of drug-likeness (QED) is 0.835. The van der Waals surface area contributed by atoms with Gasteiger partial charge in [-0.1, -0.05) is 48.5 Å². The number of carbonyl (C=O) groups excluding carboxylic acids is 2. The third-order valence-corrected chi connectivity index (χ3v) is 3.11. The molecule has 0 saturated carbocycles. The van der Waals surface area contributed by atoms with Crippen molar-refractivity contribution in [3.05, 3.63) is 66.2 Å². The Labute approximate surface area is 110 Å². The highest BCUT2D eigenvalue weighted by Gasteiger charge is 2.40. The van der Waals surface area contributed by atoms with Gasteiger partial charge in [0.1, 0.15) is 6.04 Å². The summed E-state index contributed by atoms with van der Waals surface area (Å²) in [6, 6.07) is 17.5. The lowest BCUT2D eigenvalue weighted by molar-refractivity contribution is -0.119. The summed E-state index contributed by atoms with van der Waals surface area (Å²) in [4.78, 5) is 25.4. The molecule has 1 N–H and O–H groups in total. The van der Waals surface area contributed by atoms with Gasteiger partial charge in [-0.25, -0.2) is 4.79 Å². The average molecular weight is 252 g/mol. The maximum atomic E-state index is 12.0. The molecule has 1 atom stereocenters. The van der Waals surface area contributed by atoms with Crippen molar-refractivity contribution in [2.75, 3.05) is 4.90 Å². The van der Waals surface area contributed by atoms with E-state index in [9.17, 15) is 9.59 Å². The molecule has 0 radical (unpaired) electrons. The molecule has 3 amide bonds. The number of hydrogen-bond acceptors (Lipinski definition) is 2. The molecular formula is C15H12N2O2. The van der Waals surface area contributed by atoms with E-state index in [-0.39, 0.29) is 11.9 Å². The number of nitrogens with zero attached hydrogens (tertiary/aromatic N) is 1. The smallest absolute Gasteiger partial charge is 0.277 e. The van der Waals surface area contributed by atoms with Gasteiger partial charge in [0, 0.05) is 5.69 Å². The SMILES string of the molecule is O=C1NC(=O)N(c2ccccc2)[C@@H]1c1ccccc1. The van der Waals surface area contributed by atoms with Gasteiger partial charge in [0.25, 0.3) is 5.91 Å². The van der Waals surface area contributed by atoms with Gasteiger partial charge in [-0.3, -0.25) is 15.0 Å². The van der Waals surface area contributed by atoms with Crippen molar-refractivity contribution in [2.24, 2.45) is 0 Å². The molecule has 0 bridgehead atoms. The van der Waals surface area contributed by atoms with Gasteiger partial charge in [0.2, 0.25) is 0 Å². The van der Waals surface area contributed by atoms with Gasteiger partial charge in [-0.05, 0) is 17.7 Å². The van der Waals surface area contributed by atoms with Crippen LogP contribution < -0.4 is 10.2 Å². The van der Waals surface area contributed by atoms with Crippen LogP contribution in [-0.2, 0) is 4.79 Å². The van der Waals surface area contributed by atoms with Gasteiger partial charge in [-0.2, -0.15) is 0 Å². The Morgan fingerprint density at radius 1 is 0.842 bits per heavy atom. The van der Waals surface area contributed by atoms with E-state index in [1.807, 2.05) is 60.7 Å². The highest BCUT2D eigenvalue weighted by atomic mass is 16.2. The number of hydrogen-bond donors (Lipinski definition) is 1. The van der Waals surface area contributed by atoms with Crippen LogP contribution in [0.4, 0.5) is 10.5 Å². The largest absolute Gasteiger partial charge is 0.329 e. The molecule has 2 aromatic carbocycles. The third-order valence-electron chi connectivity index (χ3n) is 3.11. The lowest BCUT2D eigenvalue weighted by Crippen LogP contribution is -2.29. The molecule has 1 saturated heterocycles. The van der Waals surface area contributed by atoms with Crippen molar-refractivity contribution in [3.63, 3.8) is 0 Å². The van der Waals surface area contributed by atoms with Crippen LogP contribution >= 0.6 is 0 Å². The Morgan fingerprint density at radius 3 is 2.05 bits per heavy atom. The van der Waals surface area contributed by atoms with Crippen LogP contribution in [0.3, 0.4) is 0 Å². The average Bonchev–Trinajstić information content (AvgIpc) is 2.75. The fourth-order valence-electron chi connectivity index (χ4n) is 2.26. The van der Waals surface area contributed by atoms with Gasteiger partial charge < -0.3 is 0 Å². The van der Waals surface area contributed by atoms with E-state index in [2.05, 4.69) is 5.32 Å². The number of urea groups is 1. The van der Waals surface area contributed by atoms with Crippen molar-refractivity contribution >= 4 is 17.6 Å². The minimum atomic E-state index is -0.601. The van der Waals surface area contributed by atoms with Crippen molar-refractivity contribution < 1.29 is 9.59 Å². The summed E-state index contributed by atoms with van der Waals surface area (Å²) in [7, 11) is 0. The molecule has 19 heavy (non-hydrogen) atoms. The molecule has 4 heteroatoms. The summed E-state index contributed by atoms with van der Waals surface area (Å²) in [6.07, 6.45) is 0. The molecular weight excluding hydrogens is 240 g/mol. The number of rotatable bonds is 2. The van der Waals surface area contributed by atoms with E-state index >= 15 is 0 Å². The summed E-state index contributed by atoms with van der Waals surface area (Å²) in [5, 5.41) is 2.36. The van der Waals surface area contributed by atoms with Gasteiger partial charge >= 0.3 is 6.03 Å². The second-order valence-electron chi connectivity index (χ2n) is 4.31. The first-order valence-electron chi connectivity index (χ1n) is 6.01. The Kier molecular flexibility index (Phi) is 2.76. The second kappa shape index (κ2) is 4.57. The molecule has 3 rings (SSSR count). The fraction of sp³-hybridized carbons (Fsp3) is 0.0667. The number of para-hydroxylation sites is 1. The van der Waals surface area contributed by atoms with E-state index in [1.54, 1.807) is 0 Å². The van der Waals surface area contributed by atoms with Gasteiger partial charge in [-0.15, -0.1) is 0 Å². The topological polar surface area (TPSA) is 49.4 Å². The Morgan fingerprint density at radius 2 is 1.42 bits per heavy atom. The number of anilines is 1. The van der Waals surface area contributed by atoms with E-state index in [0.29, 0.717) is 5.69 Å². The van der Waals surface area contributed by atoms with Crippen LogP contribution in [0.5, 0.6) is 0 Å². The monoisotopic (exact) mass is 252 g/mol. The Bertz CT molecular complexity index is 555. The van der Waals surface area contributed by atoms with Crippen molar-refractivity contribution in [3.8, 4) is 0 Å². The first kappa shape index (κ1) is 11.5. The summed E-state index contributed by atoms with van der Waals surface area (Å²) < 4.78 is 0. The maximum Gasteiger partial charge on any atom is 0.329 e. The molecule has 0 aromatic heterocycles. The van der Waals surface area contributed by atoms with E-state index in [1.165, 1.54) is 4.90 Å². The molecule has 1 aliphatic rings. The minimum Gasteiger partial charge on any atom is -0.277 e. The summed E-state index contributed by atoms with van der Waals surface area (Å²) in [6.45, 7) is 0. The van der Waals surface area contributed by atoms with Crippen LogP contribution in [0.2, 0.25) is 0 Å². The molecule has 0 spiro atoms. The second-order valence-corrected chi connectivity index (χ2v) is 4.31. The lowest BCUT2D eigenvalue weighted by Gasteiger charge is -2.21. The fourth-order valence-corrected chi connectivity index (χ4v) is 2.26. The van der Waals surface area contributed by atoms with E-state index < -0.39 is 6.04 Å². The standard InChI is InChI=1S/C15H12N2O2/c18-14-13(11-7-3-1-4-8-11)17(15(19)16-14)12-9-5-2-6-10-12/h1-10,13H,(H,16,18,19)/t13-/m1/s1. The number of carbonyl (C=O) groups is 2. The van der Waals surface area contributed by atoms with Crippen LogP contribution in [0.1, 0.15) is 11.6 Å². The first-order chi connectivity index (χ1) is 9.27. The molecule has 1 aliphatic heterocycles. The number of benzene rings is 2. The van der Waals surface area contributed by atoms with Crippen LogP contribution in [-0.4, -0.2) is 11.9 Å². The highest BCUT2D eigenvalue weighted by Crippen LogP contribution is 2.30. The molecule has 4 nitrogen and oxygen atoms in total. The zero-order valence-electron chi connectivity index (χ0n) is 10.1. The normalized spacial score (nSPS) is 18.5. The first-order valence-corrected chi connectivity index (χ1v) is 6.01. The zero-order chi connectivity index (χ0) is 13.2. The molecule has 0 aliphatic carbocycles. The van der Waals surface area contributed by atoms with E-state index in [4.69, 9.17) is 0 Å². The molecule has 1 heterocycles. The highest BCUT2D eigenvalue weighted by molar-refractivity contribution is 6.14. The predicted octanol–water partition coefficient (Wildman–Crippen LogP) is 2.48. The molecule has 0 unspecified atom stereocenters. The van der Waals surface area contributed by atoms with Crippen molar-refractivity contribution in [1.29, 1.82) is 0 Å². The number of amides is 3. The Balaban J connectivity index is 2.06. The lowest BCUT2D eigenvalue weighted by atomic mass is 10.1. The predicted molar refractivity (Wildman–Crippen MR) is 71.6 cm³/mol.